The van der Waals surface area contributed by atoms with Crippen molar-refractivity contribution in [3.8, 4) is 0 Å². The first-order valence-corrected chi connectivity index (χ1v) is 5.57. The fraction of sp³-hybridized carbons (Fsp3) is 1.00. The van der Waals surface area contributed by atoms with E-state index < -0.39 is 0 Å². The Labute approximate surface area is 82.5 Å². The minimum atomic E-state index is 0.406. The normalized spacial score (nSPS) is 35.3. The Kier molecular flexibility index (Phi) is 4.20. The van der Waals surface area contributed by atoms with Crippen LogP contribution < -0.4 is 5.73 Å². The molecule has 0 aromatic rings. The molecule has 0 bridgehead atoms. The number of rotatable bonds is 3. The quantitative estimate of drug-likeness (QED) is 0.725. The van der Waals surface area contributed by atoms with Gasteiger partial charge in [-0.3, -0.25) is 0 Å². The third kappa shape index (κ3) is 2.96. The fourth-order valence-corrected chi connectivity index (χ4v) is 2.52. The molecule has 0 spiro atoms. The zero-order chi connectivity index (χ0) is 9.84. The molecule has 13 heavy (non-hydrogen) atoms. The molecule has 1 aliphatic carbocycles. The molecule has 2 N–H and O–H groups in total. The second-order valence-corrected chi connectivity index (χ2v) is 4.66. The number of hydrogen-bond acceptors (Lipinski definition) is 2. The summed E-state index contributed by atoms with van der Waals surface area (Å²) in [4.78, 5) is 2.30. The van der Waals surface area contributed by atoms with Crippen LogP contribution in [0.4, 0.5) is 0 Å². The highest BCUT2D eigenvalue weighted by atomic mass is 15.1. The molecule has 0 amide bonds. The van der Waals surface area contributed by atoms with Crippen LogP contribution >= 0.6 is 0 Å². The molecule has 1 saturated carbocycles. The second kappa shape index (κ2) is 4.97. The van der Waals surface area contributed by atoms with E-state index in [-0.39, 0.29) is 0 Å². The summed E-state index contributed by atoms with van der Waals surface area (Å²) in [5.74, 6) is 0.928. The van der Waals surface area contributed by atoms with Gasteiger partial charge in [-0.2, -0.15) is 0 Å². The summed E-state index contributed by atoms with van der Waals surface area (Å²) in [7, 11) is 4.30. The average molecular weight is 184 g/mol. The Bertz CT molecular complexity index is 145. The Morgan fingerprint density at radius 3 is 2.54 bits per heavy atom. The van der Waals surface area contributed by atoms with Crippen LogP contribution in [-0.4, -0.2) is 31.1 Å². The molecule has 78 valence electrons. The van der Waals surface area contributed by atoms with Crippen LogP contribution in [0.5, 0.6) is 0 Å². The first-order chi connectivity index (χ1) is 6.15. The van der Waals surface area contributed by atoms with Crippen molar-refractivity contribution in [3.05, 3.63) is 0 Å². The van der Waals surface area contributed by atoms with Gasteiger partial charge >= 0.3 is 0 Å². The molecule has 1 fully saturated rings. The largest absolute Gasteiger partial charge is 0.326 e. The van der Waals surface area contributed by atoms with Crippen molar-refractivity contribution >= 4 is 0 Å². The molecule has 0 radical (unpaired) electrons. The summed E-state index contributed by atoms with van der Waals surface area (Å²) >= 11 is 0. The molecule has 2 nitrogen and oxygen atoms in total. The van der Waals surface area contributed by atoms with Crippen LogP contribution in [0.25, 0.3) is 0 Å². The molecular formula is C11H24N2. The van der Waals surface area contributed by atoms with Gasteiger partial charge in [0.25, 0.3) is 0 Å². The summed E-state index contributed by atoms with van der Waals surface area (Å²) < 4.78 is 0. The Balaban J connectivity index is 2.43. The summed E-state index contributed by atoms with van der Waals surface area (Å²) in [6.07, 6.45) is 6.58. The lowest BCUT2D eigenvalue weighted by Gasteiger charge is -2.38. The number of nitrogens with zero attached hydrogens (tertiary/aromatic N) is 1. The maximum atomic E-state index is 6.10. The monoisotopic (exact) mass is 184 g/mol. The first kappa shape index (κ1) is 11.0. The van der Waals surface area contributed by atoms with Gasteiger partial charge in [-0.05, 0) is 39.3 Å². The molecule has 0 heterocycles. The smallest absolute Gasteiger partial charge is 0.0243 e. The van der Waals surface area contributed by atoms with Crippen LogP contribution in [0.15, 0.2) is 0 Å². The van der Waals surface area contributed by atoms with E-state index in [1.54, 1.807) is 0 Å². The maximum Gasteiger partial charge on any atom is 0.0243 e. The summed E-state index contributed by atoms with van der Waals surface area (Å²) in [5, 5.41) is 0. The fourth-order valence-electron chi connectivity index (χ4n) is 2.52. The first-order valence-electron chi connectivity index (χ1n) is 5.57. The van der Waals surface area contributed by atoms with E-state index in [1.807, 2.05) is 0 Å². The molecule has 3 unspecified atom stereocenters. The van der Waals surface area contributed by atoms with Crippen LogP contribution in [0.1, 0.15) is 39.0 Å². The van der Waals surface area contributed by atoms with Gasteiger partial charge in [0.1, 0.15) is 0 Å². The van der Waals surface area contributed by atoms with Gasteiger partial charge in [0, 0.05) is 12.1 Å². The van der Waals surface area contributed by atoms with Crippen LogP contribution in [0.2, 0.25) is 0 Å². The lowest BCUT2D eigenvalue weighted by molar-refractivity contribution is 0.156. The van der Waals surface area contributed by atoms with Crippen LogP contribution in [0, 0.1) is 5.92 Å². The van der Waals surface area contributed by atoms with Gasteiger partial charge in [-0.15, -0.1) is 0 Å². The second-order valence-electron chi connectivity index (χ2n) is 4.66. The highest BCUT2D eigenvalue weighted by molar-refractivity contribution is 4.87. The molecule has 2 heteroatoms. The minimum Gasteiger partial charge on any atom is -0.326 e. The Morgan fingerprint density at radius 1 is 1.31 bits per heavy atom. The van der Waals surface area contributed by atoms with Crippen molar-refractivity contribution in [3.63, 3.8) is 0 Å². The molecule has 0 aliphatic heterocycles. The maximum absolute atomic E-state index is 6.10. The molecule has 0 aromatic heterocycles. The Hall–Kier alpha value is -0.0800. The van der Waals surface area contributed by atoms with E-state index in [0.717, 1.165) is 5.92 Å². The zero-order valence-corrected chi connectivity index (χ0v) is 9.29. The molecule has 3 atom stereocenters. The summed E-state index contributed by atoms with van der Waals surface area (Å²) in [6.45, 7) is 2.28. The topological polar surface area (TPSA) is 29.3 Å². The molecule has 1 rings (SSSR count). The van der Waals surface area contributed by atoms with E-state index in [4.69, 9.17) is 5.73 Å². The van der Waals surface area contributed by atoms with Gasteiger partial charge < -0.3 is 10.6 Å². The molecule has 0 saturated heterocycles. The van der Waals surface area contributed by atoms with Crippen molar-refractivity contribution in [1.29, 1.82) is 0 Å². The third-order valence-electron chi connectivity index (χ3n) is 3.34. The third-order valence-corrected chi connectivity index (χ3v) is 3.34. The van der Waals surface area contributed by atoms with Crippen molar-refractivity contribution in [2.24, 2.45) is 11.7 Å². The van der Waals surface area contributed by atoms with E-state index in [9.17, 15) is 0 Å². The zero-order valence-electron chi connectivity index (χ0n) is 9.29. The molecular weight excluding hydrogens is 160 g/mol. The van der Waals surface area contributed by atoms with Gasteiger partial charge in [0.2, 0.25) is 0 Å². The van der Waals surface area contributed by atoms with E-state index in [2.05, 4.69) is 25.9 Å². The van der Waals surface area contributed by atoms with Gasteiger partial charge in [-0.25, -0.2) is 0 Å². The SMILES string of the molecule is CCCC1CCC(N)C(N(C)C)C1. The number of likely N-dealkylation sites (N-methyl/N-ethyl adjacent to an activating group) is 1. The molecule has 0 aromatic carbocycles. The van der Waals surface area contributed by atoms with Crippen molar-refractivity contribution in [2.45, 2.75) is 51.1 Å². The minimum absolute atomic E-state index is 0.406. The van der Waals surface area contributed by atoms with Crippen molar-refractivity contribution < 1.29 is 0 Å². The van der Waals surface area contributed by atoms with Crippen molar-refractivity contribution in [1.82, 2.24) is 4.90 Å². The predicted molar refractivity (Wildman–Crippen MR) is 57.7 cm³/mol. The summed E-state index contributed by atoms with van der Waals surface area (Å²) in [6, 6.07) is 1.02. The highest BCUT2D eigenvalue weighted by Gasteiger charge is 2.28. The molecule has 1 aliphatic rings. The van der Waals surface area contributed by atoms with Gasteiger partial charge in [0.15, 0.2) is 0 Å². The number of hydrogen-bond donors (Lipinski definition) is 1. The lowest BCUT2D eigenvalue weighted by atomic mass is 9.80. The standard InChI is InChI=1S/C11H24N2/c1-4-5-9-6-7-10(12)11(8-9)13(2)3/h9-11H,4-8,12H2,1-3H3. The highest BCUT2D eigenvalue weighted by Crippen LogP contribution is 2.29. The average Bonchev–Trinajstić information content (AvgIpc) is 2.08. The van der Waals surface area contributed by atoms with E-state index in [0.29, 0.717) is 12.1 Å². The lowest BCUT2D eigenvalue weighted by Crippen LogP contribution is -2.48. The summed E-state index contributed by atoms with van der Waals surface area (Å²) in [5.41, 5.74) is 6.10. The van der Waals surface area contributed by atoms with Crippen LogP contribution in [-0.2, 0) is 0 Å². The van der Waals surface area contributed by atoms with E-state index >= 15 is 0 Å². The van der Waals surface area contributed by atoms with Gasteiger partial charge in [-0.1, -0.05) is 19.8 Å². The van der Waals surface area contributed by atoms with Gasteiger partial charge in [0.05, 0.1) is 0 Å². The van der Waals surface area contributed by atoms with Crippen molar-refractivity contribution in [2.75, 3.05) is 14.1 Å². The van der Waals surface area contributed by atoms with Crippen LogP contribution in [0.3, 0.4) is 0 Å². The Morgan fingerprint density at radius 2 is 2.00 bits per heavy atom. The predicted octanol–water partition coefficient (Wildman–Crippen LogP) is 1.84. The van der Waals surface area contributed by atoms with E-state index in [1.165, 1.54) is 32.1 Å². The number of nitrogens with two attached hydrogens (primary N) is 1.